The van der Waals surface area contributed by atoms with Gasteiger partial charge in [0.25, 0.3) is 6.10 Å². The van der Waals surface area contributed by atoms with E-state index in [9.17, 15) is 9.59 Å². The van der Waals surface area contributed by atoms with Gasteiger partial charge in [0.2, 0.25) is 0 Å². The van der Waals surface area contributed by atoms with E-state index in [4.69, 9.17) is 9.47 Å². The molecule has 0 saturated heterocycles. The lowest BCUT2D eigenvalue weighted by Crippen LogP contribution is -2.28. The van der Waals surface area contributed by atoms with Crippen LogP contribution in [0.25, 0.3) is 0 Å². The normalized spacial score (nSPS) is 11.0. The van der Waals surface area contributed by atoms with Gasteiger partial charge >= 0.3 is 11.9 Å². The first-order valence-electron chi connectivity index (χ1n) is 7.41. The Labute approximate surface area is 168 Å². The molecule has 0 radical (unpaired) electrons. The standard InChI is InChI=1S/C19H14BrIO4/c1-2-24-19(23)17(12-11-13-7-3-5-9-15(13)20)25-18(22)14-8-4-6-10-16(14)21/h3-10,17H,2H2,1H3. The van der Waals surface area contributed by atoms with E-state index < -0.39 is 18.0 Å². The Bertz CT molecular complexity index is 839. The molecule has 1 unspecified atom stereocenters. The van der Waals surface area contributed by atoms with Crippen LogP contribution in [0.15, 0.2) is 53.0 Å². The summed E-state index contributed by atoms with van der Waals surface area (Å²) in [7, 11) is 0. The van der Waals surface area contributed by atoms with E-state index in [1.165, 1.54) is 0 Å². The van der Waals surface area contributed by atoms with Gasteiger partial charge in [-0.25, -0.2) is 9.59 Å². The second-order valence-electron chi connectivity index (χ2n) is 4.77. The van der Waals surface area contributed by atoms with Gasteiger partial charge in [0, 0.05) is 13.6 Å². The van der Waals surface area contributed by atoms with Gasteiger partial charge in [-0.2, -0.15) is 0 Å². The lowest BCUT2D eigenvalue weighted by Gasteiger charge is -2.12. The van der Waals surface area contributed by atoms with Crippen LogP contribution in [0.2, 0.25) is 0 Å². The van der Waals surface area contributed by atoms with E-state index >= 15 is 0 Å². The van der Waals surface area contributed by atoms with Crippen LogP contribution in [-0.2, 0) is 14.3 Å². The molecule has 25 heavy (non-hydrogen) atoms. The summed E-state index contributed by atoms with van der Waals surface area (Å²) in [5.74, 6) is 4.21. The van der Waals surface area contributed by atoms with E-state index in [1.807, 2.05) is 46.9 Å². The minimum absolute atomic E-state index is 0.173. The Morgan fingerprint density at radius 2 is 1.84 bits per heavy atom. The number of hydrogen-bond donors (Lipinski definition) is 0. The molecule has 2 aromatic rings. The Balaban J connectivity index is 2.25. The van der Waals surface area contributed by atoms with Crippen LogP contribution in [0.1, 0.15) is 22.8 Å². The van der Waals surface area contributed by atoms with Crippen molar-refractivity contribution >= 4 is 50.5 Å². The van der Waals surface area contributed by atoms with Crippen molar-refractivity contribution in [1.82, 2.24) is 0 Å². The number of carbonyl (C=O) groups excluding carboxylic acids is 2. The summed E-state index contributed by atoms with van der Waals surface area (Å²) >= 11 is 5.42. The van der Waals surface area contributed by atoms with E-state index in [0.29, 0.717) is 11.1 Å². The lowest BCUT2D eigenvalue weighted by atomic mass is 10.2. The zero-order valence-electron chi connectivity index (χ0n) is 13.3. The Morgan fingerprint density at radius 3 is 2.52 bits per heavy atom. The summed E-state index contributed by atoms with van der Waals surface area (Å²) in [5.41, 5.74) is 1.06. The second-order valence-corrected chi connectivity index (χ2v) is 6.78. The number of rotatable bonds is 4. The van der Waals surface area contributed by atoms with Gasteiger partial charge in [0.1, 0.15) is 0 Å². The van der Waals surface area contributed by atoms with E-state index in [2.05, 4.69) is 27.8 Å². The number of carbonyl (C=O) groups is 2. The largest absolute Gasteiger partial charge is 0.462 e. The molecule has 0 fully saturated rings. The molecule has 0 saturated carbocycles. The molecule has 0 heterocycles. The Hall–Kier alpha value is -1.85. The number of hydrogen-bond acceptors (Lipinski definition) is 4. The number of halogens is 2. The van der Waals surface area contributed by atoms with Crippen molar-refractivity contribution in [3.63, 3.8) is 0 Å². The van der Waals surface area contributed by atoms with Gasteiger partial charge < -0.3 is 9.47 Å². The maximum Gasteiger partial charge on any atom is 0.360 e. The first-order chi connectivity index (χ1) is 12.0. The van der Waals surface area contributed by atoms with Crippen molar-refractivity contribution in [3.05, 3.63) is 67.7 Å². The molecule has 0 aliphatic heterocycles. The third-order valence-corrected chi connectivity index (χ3v) is 4.66. The molecule has 0 aliphatic carbocycles. The van der Waals surface area contributed by atoms with Crippen molar-refractivity contribution < 1.29 is 19.1 Å². The average molecular weight is 513 g/mol. The highest BCUT2D eigenvalue weighted by Gasteiger charge is 2.24. The van der Waals surface area contributed by atoms with E-state index in [0.717, 1.165) is 8.04 Å². The zero-order valence-corrected chi connectivity index (χ0v) is 17.0. The van der Waals surface area contributed by atoms with Crippen molar-refractivity contribution in [2.24, 2.45) is 0 Å². The molecule has 0 amide bonds. The van der Waals surface area contributed by atoms with Gasteiger partial charge in [-0.15, -0.1) is 0 Å². The summed E-state index contributed by atoms with van der Waals surface area (Å²) in [6, 6.07) is 14.3. The lowest BCUT2D eigenvalue weighted by molar-refractivity contribution is -0.150. The van der Waals surface area contributed by atoms with Gasteiger partial charge in [0.05, 0.1) is 12.2 Å². The predicted octanol–water partition coefficient (Wildman–Crippen LogP) is 4.19. The molecular formula is C19H14BrIO4. The van der Waals surface area contributed by atoms with Gasteiger partial charge in [-0.05, 0) is 75.6 Å². The van der Waals surface area contributed by atoms with Crippen LogP contribution >= 0.6 is 38.5 Å². The molecule has 1 atom stereocenters. The van der Waals surface area contributed by atoms with Crippen LogP contribution < -0.4 is 0 Å². The third kappa shape index (κ3) is 5.58. The monoisotopic (exact) mass is 512 g/mol. The van der Waals surface area contributed by atoms with Gasteiger partial charge in [-0.3, -0.25) is 0 Å². The van der Waals surface area contributed by atoms with Gasteiger partial charge in [-0.1, -0.05) is 30.2 Å². The molecule has 0 aliphatic rings. The first kappa shape index (κ1) is 19.5. The van der Waals surface area contributed by atoms with E-state index in [-0.39, 0.29) is 6.61 Å². The Kier molecular flexibility index (Phi) is 7.47. The van der Waals surface area contributed by atoms with Crippen molar-refractivity contribution in [1.29, 1.82) is 0 Å². The van der Waals surface area contributed by atoms with Crippen LogP contribution in [0, 0.1) is 15.4 Å². The molecule has 2 rings (SSSR count). The minimum atomic E-state index is -1.30. The highest BCUT2D eigenvalue weighted by Crippen LogP contribution is 2.16. The van der Waals surface area contributed by atoms with Crippen molar-refractivity contribution in [2.45, 2.75) is 13.0 Å². The molecule has 0 spiro atoms. The smallest absolute Gasteiger partial charge is 0.360 e. The maximum atomic E-state index is 12.4. The highest BCUT2D eigenvalue weighted by molar-refractivity contribution is 14.1. The van der Waals surface area contributed by atoms with Crippen LogP contribution in [0.3, 0.4) is 0 Å². The fourth-order valence-electron chi connectivity index (χ4n) is 1.86. The summed E-state index contributed by atoms with van der Waals surface area (Å²) in [5, 5.41) is 0. The van der Waals surface area contributed by atoms with Crippen LogP contribution in [0.5, 0.6) is 0 Å². The predicted molar refractivity (Wildman–Crippen MR) is 106 cm³/mol. The third-order valence-electron chi connectivity index (χ3n) is 3.03. The molecule has 0 bridgehead atoms. The molecule has 0 N–H and O–H groups in total. The fraction of sp³-hybridized carbons (Fsp3) is 0.158. The molecule has 6 heteroatoms. The van der Waals surface area contributed by atoms with Crippen molar-refractivity contribution in [2.75, 3.05) is 6.61 Å². The summed E-state index contributed by atoms with van der Waals surface area (Å²) in [6.45, 7) is 1.85. The summed E-state index contributed by atoms with van der Waals surface area (Å²) in [4.78, 5) is 24.4. The minimum Gasteiger partial charge on any atom is -0.462 e. The SMILES string of the molecule is CCOC(=O)C(C#Cc1ccccc1Br)OC(=O)c1ccccc1I. The fourth-order valence-corrected chi connectivity index (χ4v) is 2.85. The zero-order chi connectivity index (χ0) is 18.2. The van der Waals surface area contributed by atoms with E-state index in [1.54, 1.807) is 31.2 Å². The summed E-state index contributed by atoms with van der Waals surface area (Å²) in [6.07, 6.45) is -1.30. The number of ether oxygens (including phenoxy) is 2. The molecular weight excluding hydrogens is 499 g/mol. The number of esters is 2. The maximum absolute atomic E-state index is 12.4. The summed E-state index contributed by atoms with van der Waals surface area (Å²) < 4.78 is 11.8. The topological polar surface area (TPSA) is 52.6 Å². The van der Waals surface area contributed by atoms with Crippen molar-refractivity contribution in [3.8, 4) is 11.8 Å². The average Bonchev–Trinajstić information content (AvgIpc) is 2.60. The molecule has 2 aromatic carbocycles. The second kappa shape index (κ2) is 9.59. The van der Waals surface area contributed by atoms with Crippen LogP contribution in [-0.4, -0.2) is 24.6 Å². The quantitative estimate of drug-likeness (QED) is 0.350. The molecule has 4 nitrogen and oxygen atoms in total. The highest BCUT2D eigenvalue weighted by atomic mass is 127. The van der Waals surface area contributed by atoms with Crippen LogP contribution in [0.4, 0.5) is 0 Å². The first-order valence-corrected chi connectivity index (χ1v) is 9.28. The van der Waals surface area contributed by atoms with Gasteiger partial charge in [0.15, 0.2) is 0 Å². The molecule has 0 aromatic heterocycles. The Morgan fingerprint density at radius 1 is 1.16 bits per heavy atom. The number of benzene rings is 2. The molecule has 128 valence electrons.